The van der Waals surface area contributed by atoms with Crippen LogP contribution in [0.2, 0.25) is 0 Å². The molecule has 0 atom stereocenters. The van der Waals surface area contributed by atoms with E-state index in [1.54, 1.807) is 13.0 Å². The van der Waals surface area contributed by atoms with E-state index in [2.05, 4.69) is 15.9 Å². The van der Waals surface area contributed by atoms with Crippen LogP contribution in [0.5, 0.6) is 0 Å². The number of carbonyl (C=O) groups excluding carboxylic acids is 2. The summed E-state index contributed by atoms with van der Waals surface area (Å²) in [4.78, 5) is 26.6. The molecule has 5 heteroatoms. The average Bonchev–Trinajstić information content (AvgIpc) is 3.21. The highest BCUT2D eigenvalue weighted by atomic mass is 79.9. The topological polar surface area (TPSA) is 46.6 Å². The van der Waals surface area contributed by atoms with Crippen molar-refractivity contribution in [3.63, 3.8) is 0 Å². The van der Waals surface area contributed by atoms with Gasteiger partial charge < -0.3 is 9.64 Å². The second kappa shape index (κ2) is 4.83. The first-order valence-corrected chi connectivity index (χ1v) is 8.02. The van der Waals surface area contributed by atoms with Crippen molar-refractivity contribution in [1.82, 2.24) is 0 Å². The third-order valence-electron chi connectivity index (χ3n) is 4.18. The first-order chi connectivity index (χ1) is 9.87. The molecule has 4 nitrogen and oxygen atoms in total. The predicted octanol–water partition coefficient (Wildman–Crippen LogP) is 3.41. The van der Waals surface area contributed by atoms with Crippen LogP contribution in [0.1, 0.15) is 49.5 Å². The average molecular weight is 352 g/mol. The summed E-state index contributed by atoms with van der Waals surface area (Å²) in [6.07, 6.45) is 2.07. The molecule has 112 valence electrons. The molecule has 1 aliphatic heterocycles. The molecule has 2 aliphatic rings. The van der Waals surface area contributed by atoms with Crippen molar-refractivity contribution < 1.29 is 14.3 Å². The minimum absolute atomic E-state index is 0.118. The van der Waals surface area contributed by atoms with E-state index in [1.807, 2.05) is 24.8 Å². The summed E-state index contributed by atoms with van der Waals surface area (Å²) in [5.41, 5.74) is 1.76. The zero-order valence-electron chi connectivity index (χ0n) is 12.4. The van der Waals surface area contributed by atoms with E-state index in [0.717, 1.165) is 24.1 Å². The number of hydrogen-bond acceptors (Lipinski definition) is 3. The van der Waals surface area contributed by atoms with E-state index in [0.29, 0.717) is 16.6 Å². The number of anilines is 1. The van der Waals surface area contributed by atoms with Crippen molar-refractivity contribution in [1.29, 1.82) is 0 Å². The van der Waals surface area contributed by atoms with Gasteiger partial charge in [-0.15, -0.1) is 0 Å². The van der Waals surface area contributed by atoms with Crippen molar-refractivity contribution in [2.75, 3.05) is 11.5 Å². The van der Waals surface area contributed by atoms with Gasteiger partial charge in [0.15, 0.2) is 0 Å². The summed E-state index contributed by atoms with van der Waals surface area (Å²) in [5, 5.41) is 0. The first kappa shape index (κ1) is 14.6. The second-order valence-electron chi connectivity index (χ2n) is 6.10. The van der Waals surface area contributed by atoms with Crippen LogP contribution in [-0.2, 0) is 14.9 Å². The highest BCUT2D eigenvalue weighted by Gasteiger charge is 2.49. The van der Waals surface area contributed by atoms with Gasteiger partial charge in [0.25, 0.3) is 0 Å². The minimum atomic E-state index is -0.548. The van der Waals surface area contributed by atoms with Crippen LogP contribution in [0.25, 0.3) is 0 Å². The molecule has 21 heavy (non-hydrogen) atoms. The van der Waals surface area contributed by atoms with E-state index >= 15 is 0 Å². The van der Waals surface area contributed by atoms with E-state index in [4.69, 9.17) is 4.74 Å². The fourth-order valence-electron chi connectivity index (χ4n) is 2.85. The van der Waals surface area contributed by atoms with E-state index in [-0.39, 0.29) is 17.9 Å². The summed E-state index contributed by atoms with van der Waals surface area (Å²) < 4.78 is 5.77. The van der Waals surface area contributed by atoms with Gasteiger partial charge in [-0.05, 0) is 67.2 Å². The van der Waals surface area contributed by atoms with Crippen LogP contribution < -0.4 is 4.90 Å². The molecular weight excluding hydrogens is 334 g/mol. The van der Waals surface area contributed by atoms with E-state index in [1.165, 1.54) is 0 Å². The number of esters is 1. The Morgan fingerprint density at radius 3 is 2.67 bits per heavy atom. The van der Waals surface area contributed by atoms with Crippen LogP contribution in [0.4, 0.5) is 5.69 Å². The Kier molecular flexibility index (Phi) is 3.35. The van der Waals surface area contributed by atoms with Crippen LogP contribution in [0, 0.1) is 0 Å². The number of rotatable bonds is 3. The lowest BCUT2D eigenvalue weighted by molar-refractivity contribution is -0.122. The fraction of sp³-hybridized carbons (Fsp3) is 0.500. The van der Waals surface area contributed by atoms with Crippen LogP contribution in [0.3, 0.4) is 0 Å². The fourth-order valence-corrected chi connectivity index (χ4v) is 3.35. The Morgan fingerprint density at radius 1 is 1.43 bits per heavy atom. The molecule has 3 rings (SSSR count). The lowest BCUT2D eigenvalue weighted by Gasteiger charge is -2.19. The minimum Gasteiger partial charge on any atom is -0.462 e. The monoisotopic (exact) mass is 351 g/mol. The number of hydrogen-bond donors (Lipinski definition) is 0. The van der Waals surface area contributed by atoms with Gasteiger partial charge in [-0.1, -0.05) is 0 Å². The van der Waals surface area contributed by atoms with Gasteiger partial charge in [0.05, 0.1) is 17.6 Å². The third-order valence-corrected chi connectivity index (χ3v) is 4.84. The van der Waals surface area contributed by atoms with Gasteiger partial charge in [-0.25, -0.2) is 4.79 Å². The molecule has 1 aliphatic carbocycles. The Hall–Kier alpha value is -1.36. The molecule has 0 spiro atoms. The Balaban J connectivity index is 2.12. The van der Waals surface area contributed by atoms with E-state index < -0.39 is 5.41 Å². The zero-order valence-corrected chi connectivity index (χ0v) is 14.0. The molecule has 0 bridgehead atoms. The Bertz CT molecular complexity index is 635. The lowest BCUT2D eigenvalue weighted by Crippen LogP contribution is -2.37. The van der Waals surface area contributed by atoms with Crippen molar-refractivity contribution in [3.8, 4) is 0 Å². The van der Waals surface area contributed by atoms with E-state index in [9.17, 15) is 9.59 Å². The lowest BCUT2D eigenvalue weighted by atomic mass is 9.86. The molecule has 0 radical (unpaired) electrons. The molecule has 0 unspecified atom stereocenters. The first-order valence-electron chi connectivity index (χ1n) is 7.22. The quantitative estimate of drug-likeness (QED) is 0.784. The number of halogens is 1. The summed E-state index contributed by atoms with van der Waals surface area (Å²) in [6, 6.07) is 3.97. The highest BCUT2D eigenvalue weighted by molar-refractivity contribution is 9.10. The molecule has 1 aromatic carbocycles. The Morgan fingerprint density at radius 2 is 2.10 bits per heavy atom. The predicted molar refractivity (Wildman–Crippen MR) is 83.6 cm³/mol. The number of nitrogens with zero attached hydrogens (tertiary/aromatic N) is 1. The SMILES string of the molecule is CCOC(=O)c1cc2c(cc1Br)C(C)(C)C(=O)N2C1CC1. The zero-order chi connectivity index (χ0) is 15.4. The third kappa shape index (κ3) is 2.18. The number of benzene rings is 1. The summed E-state index contributed by atoms with van der Waals surface area (Å²) >= 11 is 3.43. The molecule has 1 heterocycles. The van der Waals surface area contributed by atoms with Crippen molar-refractivity contribution in [2.24, 2.45) is 0 Å². The summed E-state index contributed by atoms with van der Waals surface area (Å²) in [5.74, 6) is -0.243. The molecule has 1 amide bonds. The summed E-state index contributed by atoms with van der Waals surface area (Å²) in [6.45, 7) is 5.99. The maximum atomic E-state index is 12.7. The molecule has 0 saturated heterocycles. The molecule has 1 fully saturated rings. The van der Waals surface area contributed by atoms with Gasteiger partial charge >= 0.3 is 5.97 Å². The van der Waals surface area contributed by atoms with Gasteiger partial charge in [0.1, 0.15) is 0 Å². The largest absolute Gasteiger partial charge is 0.462 e. The van der Waals surface area contributed by atoms with Crippen LogP contribution in [-0.4, -0.2) is 24.5 Å². The van der Waals surface area contributed by atoms with Crippen molar-refractivity contribution in [3.05, 3.63) is 27.7 Å². The molecule has 0 N–H and O–H groups in total. The van der Waals surface area contributed by atoms with Crippen molar-refractivity contribution >= 4 is 33.5 Å². The molecule has 1 saturated carbocycles. The van der Waals surface area contributed by atoms with Gasteiger partial charge in [-0.2, -0.15) is 0 Å². The van der Waals surface area contributed by atoms with Gasteiger partial charge in [-0.3, -0.25) is 4.79 Å². The second-order valence-corrected chi connectivity index (χ2v) is 6.96. The number of amides is 1. The number of ether oxygens (including phenoxy) is 1. The molecule has 0 aromatic heterocycles. The van der Waals surface area contributed by atoms with Crippen LogP contribution >= 0.6 is 15.9 Å². The van der Waals surface area contributed by atoms with Crippen LogP contribution in [0.15, 0.2) is 16.6 Å². The molecule has 1 aromatic rings. The Labute approximate surface area is 132 Å². The standard InChI is InChI=1S/C16H18BrNO3/c1-4-21-14(19)10-7-13-11(8-12(10)17)16(2,3)15(20)18(13)9-5-6-9/h7-9H,4-6H2,1-3H3. The number of fused-ring (bicyclic) bond motifs is 1. The van der Waals surface area contributed by atoms with Gasteiger partial charge in [0, 0.05) is 16.2 Å². The maximum Gasteiger partial charge on any atom is 0.339 e. The smallest absolute Gasteiger partial charge is 0.339 e. The van der Waals surface area contributed by atoms with Gasteiger partial charge in [0.2, 0.25) is 5.91 Å². The normalized spacial score (nSPS) is 19.6. The number of carbonyl (C=O) groups is 2. The maximum absolute atomic E-state index is 12.7. The molecular formula is C16H18BrNO3. The van der Waals surface area contributed by atoms with Crippen molar-refractivity contribution in [2.45, 2.75) is 45.1 Å². The summed E-state index contributed by atoms with van der Waals surface area (Å²) in [7, 11) is 0. The highest BCUT2D eigenvalue weighted by Crippen LogP contribution is 2.48.